The molecule has 0 saturated carbocycles. The van der Waals surface area contributed by atoms with Crippen molar-refractivity contribution in [3.8, 4) is 5.75 Å². The average molecular weight is 322 g/mol. The molecule has 3 N–H and O–H groups in total. The van der Waals surface area contributed by atoms with Gasteiger partial charge in [-0.3, -0.25) is 9.59 Å². The Hall–Kier alpha value is -3.48. The highest BCUT2D eigenvalue weighted by molar-refractivity contribution is 6.06. The summed E-state index contributed by atoms with van der Waals surface area (Å²) in [6.07, 6.45) is 0. The van der Waals surface area contributed by atoms with Crippen LogP contribution in [0.15, 0.2) is 58.4 Å². The number of hydrazone groups is 1. The summed E-state index contributed by atoms with van der Waals surface area (Å²) in [6, 6.07) is 13.4. The summed E-state index contributed by atoms with van der Waals surface area (Å²) in [4.78, 5) is 24.1. The highest BCUT2D eigenvalue weighted by Gasteiger charge is 2.13. The molecule has 0 bridgehead atoms. The maximum Gasteiger partial charge on any atom is 0.292 e. The number of hydrogen-bond donors (Lipinski definition) is 3. The van der Waals surface area contributed by atoms with Gasteiger partial charge in [0.15, 0.2) is 5.69 Å². The van der Waals surface area contributed by atoms with Gasteiger partial charge in [0.25, 0.3) is 11.5 Å². The average Bonchev–Trinajstić information content (AvgIpc) is 2.60. The maximum atomic E-state index is 12.3. The maximum absolute atomic E-state index is 12.3. The van der Waals surface area contributed by atoms with Gasteiger partial charge in [0, 0.05) is 10.9 Å². The van der Waals surface area contributed by atoms with E-state index in [1.54, 1.807) is 49.4 Å². The van der Waals surface area contributed by atoms with Crippen molar-refractivity contribution in [3.05, 3.63) is 70.1 Å². The van der Waals surface area contributed by atoms with Gasteiger partial charge in [-0.05, 0) is 25.1 Å². The summed E-state index contributed by atoms with van der Waals surface area (Å²) in [6.45, 7) is 1.66. The predicted molar refractivity (Wildman–Crippen MR) is 90.1 cm³/mol. The third kappa shape index (κ3) is 2.87. The van der Waals surface area contributed by atoms with E-state index in [1.807, 2.05) is 0 Å². The van der Waals surface area contributed by atoms with Crippen molar-refractivity contribution in [3.63, 3.8) is 0 Å². The fourth-order valence-corrected chi connectivity index (χ4v) is 2.32. The molecule has 0 aliphatic rings. The van der Waals surface area contributed by atoms with Crippen LogP contribution in [0.25, 0.3) is 10.8 Å². The smallest absolute Gasteiger partial charge is 0.292 e. The molecule has 0 atom stereocenters. The van der Waals surface area contributed by atoms with Crippen LogP contribution in [0, 0.1) is 0 Å². The molecule has 0 aliphatic carbocycles. The molecule has 0 fully saturated rings. The van der Waals surface area contributed by atoms with Crippen LogP contribution < -0.4 is 11.0 Å². The van der Waals surface area contributed by atoms with Gasteiger partial charge in [0.2, 0.25) is 0 Å². The van der Waals surface area contributed by atoms with Crippen molar-refractivity contribution in [2.24, 2.45) is 5.10 Å². The monoisotopic (exact) mass is 322 g/mol. The molecule has 7 heteroatoms. The normalized spacial score (nSPS) is 11.5. The van der Waals surface area contributed by atoms with Gasteiger partial charge >= 0.3 is 0 Å². The van der Waals surface area contributed by atoms with Crippen molar-refractivity contribution in [1.29, 1.82) is 0 Å². The zero-order valence-electron chi connectivity index (χ0n) is 12.8. The topological polar surface area (TPSA) is 107 Å². The molecular formula is C17H14N4O3. The number of nitrogens with one attached hydrogen (secondary N) is 2. The number of phenols is 1. The number of phenolic OH excluding ortho intramolecular Hbond substituents is 1. The predicted octanol–water partition coefficient (Wildman–Crippen LogP) is 1.78. The SMILES string of the molecule is C/C(=N\NC(=O)c1n[nH]c(=O)c2ccccc12)c1ccccc1O. The largest absolute Gasteiger partial charge is 0.507 e. The minimum Gasteiger partial charge on any atom is -0.507 e. The van der Waals surface area contributed by atoms with Gasteiger partial charge in [-0.2, -0.15) is 10.2 Å². The first-order chi connectivity index (χ1) is 11.6. The van der Waals surface area contributed by atoms with Crippen molar-refractivity contribution < 1.29 is 9.90 Å². The summed E-state index contributed by atoms with van der Waals surface area (Å²) in [5, 5.41) is 20.7. The number of H-pyrrole nitrogens is 1. The number of fused-ring (bicyclic) bond motifs is 1. The number of para-hydroxylation sites is 1. The van der Waals surface area contributed by atoms with E-state index in [4.69, 9.17) is 0 Å². The van der Waals surface area contributed by atoms with E-state index >= 15 is 0 Å². The first-order valence-electron chi connectivity index (χ1n) is 7.18. The third-order valence-corrected chi connectivity index (χ3v) is 3.53. The van der Waals surface area contributed by atoms with Crippen molar-refractivity contribution in [2.75, 3.05) is 0 Å². The second kappa shape index (κ2) is 6.33. The molecular weight excluding hydrogens is 308 g/mol. The van der Waals surface area contributed by atoms with Crippen LogP contribution >= 0.6 is 0 Å². The lowest BCUT2D eigenvalue weighted by Gasteiger charge is -2.06. The molecule has 0 saturated heterocycles. The highest BCUT2D eigenvalue weighted by atomic mass is 16.3. The molecule has 0 unspecified atom stereocenters. The number of rotatable bonds is 3. The molecule has 0 radical (unpaired) electrons. The fraction of sp³-hybridized carbons (Fsp3) is 0.0588. The third-order valence-electron chi connectivity index (χ3n) is 3.53. The summed E-state index contributed by atoms with van der Waals surface area (Å²) in [7, 11) is 0. The Kier molecular flexibility index (Phi) is 4.07. The number of amides is 1. The summed E-state index contributed by atoms with van der Waals surface area (Å²) < 4.78 is 0. The first-order valence-corrected chi connectivity index (χ1v) is 7.18. The first kappa shape index (κ1) is 15.4. The fourth-order valence-electron chi connectivity index (χ4n) is 2.32. The number of aromatic amines is 1. The minimum absolute atomic E-state index is 0.0685. The Morgan fingerprint density at radius 3 is 2.54 bits per heavy atom. The number of aromatic hydroxyl groups is 1. The lowest BCUT2D eigenvalue weighted by molar-refractivity contribution is 0.0950. The summed E-state index contributed by atoms with van der Waals surface area (Å²) >= 11 is 0. The molecule has 120 valence electrons. The molecule has 1 heterocycles. The molecule has 2 aromatic carbocycles. The van der Waals surface area contributed by atoms with Crippen molar-refractivity contribution in [1.82, 2.24) is 15.6 Å². The highest BCUT2D eigenvalue weighted by Crippen LogP contribution is 2.16. The summed E-state index contributed by atoms with van der Waals surface area (Å²) in [5.74, 6) is -0.488. The molecule has 0 spiro atoms. The lowest BCUT2D eigenvalue weighted by Crippen LogP contribution is -2.23. The Bertz CT molecular complexity index is 1010. The number of aromatic nitrogens is 2. The molecule has 3 rings (SSSR count). The van der Waals surface area contributed by atoms with E-state index in [1.165, 1.54) is 6.07 Å². The lowest BCUT2D eigenvalue weighted by atomic mass is 10.1. The molecule has 24 heavy (non-hydrogen) atoms. The van der Waals surface area contributed by atoms with E-state index < -0.39 is 5.91 Å². The number of nitrogens with zero attached hydrogens (tertiary/aromatic N) is 2. The van der Waals surface area contributed by atoms with Gasteiger partial charge in [-0.15, -0.1) is 0 Å². The van der Waals surface area contributed by atoms with Crippen LogP contribution in [0.5, 0.6) is 5.75 Å². The Morgan fingerprint density at radius 2 is 1.79 bits per heavy atom. The van der Waals surface area contributed by atoms with Crippen LogP contribution in [-0.2, 0) is 0 Å². The van der Waals surface area contributed by atoms with Crippen LogP contribution in [0.2, 0.25) is 0 Å². The van der Waals surface area contributed by atoms with Crippen LogP contribution in [0.1, 0.15) is 23.0 Å². The zero-order chi connectivity index (χ0) is 17.1. The second-order valence-corrected chi connectivity index (χ2v) is 5.10. The van der Waals surface area contributed by atoms with Gasteiger partial charge in [0.1, 0.15) is 5.75 Å². The van der Waals surface area contributed by atoms with Gasteiger partial charge in [-0.25, -0.2) is 10.5 Å². The van der Waals surface area contributed by atoms with Gasteiger partial charge < -0.3 is 5.11 Å². The Balaban J connectivity index is 1.91. The minimum atomic E-state index is -0.558. The van der Waals surface area contributed by atoms with E-state index in [2.05, 4.69) is 20.7 Å². The van der Waals surface area contributed by atoms with E-state index in [-0.39, 0.29) is 17.0 Å². The summed E-state index contributed by atoms with van der Waals surface area (Å²) in [5.41, 5.74) is 3.04. The van der Waals surface area contributed by atoms with E-state index in [0.717, 1.165) is 0 Å². The zero-order valence-corrected chi connectivity index (χ0v) is 12.8. The number of carbonyl (C=O) groups is 1. The van der Waals surface area contributed by atoms with Crippen LogP contribution in [-0.4, -0.2) is 26.9 Å². The number of hydrogen-bond acceptors (Lipinski definition) is 5. The van der Waals surface area contributed by atoms with Gasteiger partial charge in [0.05, 0.1) is 11.1 Å². The van der Waals surface area contributed by atoms with Crippen LogP contribution in [0.4, 0.5) is 0 Å². The Labute approximate surface area is 136 Å². The van der Waals surface area contributed by atoms with E-state index in [9.17, 15) is 14.7 Å². The molecule has 3 aromatic rings. The van der Waals surface area contributed by atoms with E-state index in [0.29, 0.717) is 22.0 Å². The number of carbonyl (C=O) groups excluding carboxylic acids is 1. The molecule has 7 nitrogen and oxygen atoms in total. The number of benzene rings is 2. The standard InChI is InChI=1S/C17H14N4O3/c1-10(11-6-4-5-9-14(11)22)18-21-17(24)15-12-7-2-3-8-13(12)16(23)20-19-15/h2-9,22H,1H3,(H,20,23)(H,21,24)/b18-10+. The van der Waals surface area contributed by atoms with Gasteiger partial charge in [-0.1, -0.05) is 30.3 Å². The molecule has 0 aliphatic heterocycles. The quantitative estimate of drug-likeness (QED) is 0.504. The molecule has 1 amide bonds. The van der Waals surface area contributed by atoms with Crippen molar-refractivity contribution in [2.45, 2.75) is 6.92 Å². The molecule has 1 aromatic heterocycles. The second-order valence-electron chi connectivity index (χ2n) is 5.10. The van der Waals surface area contributed by atoms with Crippen LogP contribution in [0.3, 0.4) is 0 Å². The Morgan fingerprint density at radius 1 is 1.12 bits per heavy atom. The van der Waals surface area contributed by atoms with Crippen molar-refractivity contribution >= 4 is 22.4 Å².